The maximum Gasteiger partial charge on any atom is -0.00202 e. The molecular weight excluding hydrogens is 228 g/mol. The van der Waals surface area contributed by atoms with Crippen molar-refractivity contribution >= 4 is 0 Å². The third-order valence-electron chi connectivity index (χ3n) is 4.47. The minimum absolute atomic E-state index is 0.931. The summed E-state index contributed by atoms with van der Waals surface area (Å²) in [4.78, 5) is 0. The molecule has 0 saturated carbocycles. The first kappa shape index (κ1) is 16.8. The fraction of sp³-hybridized carbons (Fsp3) is 0.895. The standard InChI is InChI=1S/C19H36/c1-3-5-7-8-9-10-11-12-13-14-16-19-17-18(19)15-6-4-2/h17,19H,3-16H2,1-2H3. The van der Waals surface area contributed by atoms with E-state index < -0.39 is 0 Å². The maximum absolute atomic E-state index is 2.52. The lowest BCUT2D eigenvalue weighted by Gasteiger charge is -2.03. The molecule has 0 aromatic heterocycles. The van der Waals surface area contributed by atoms with Crippen LogP contribution in [0.4, 0.5) is 0 Å². The van der Waals surface area contributed by atoms with Gasteiger partial charge in [0.2, 0.25) is 0 Å². The largest absolute Gasteiger partial charge is 0.0775 e. The van der Waals surface area contributed by atoms with Crippen molar-refractivity contribution in [1.82, 2.24) is 0 Å². The second kappa shape index (κ2) is 11.6. The number of rotatable bonds is 14. The molecule has 0 aliphatic heterocycles. The molecule has 0 aromatic rings. The monoisotopic (exact) mass is 264 g/mol. The van der Waals surface area contributed by atoms with E-state index in [0.717, 1.165) is 5.92 Å². The summed E-state index contributed by atoms with van der Waals surface area (Å²) >= 11 is 0. The first-order valence-corrected chi connectivity index (χ1v) is 9.09. The lowest BCUT2D eigenvalue weighted by Crippen LogP contribution is -1.86. The summed E-state index contributed by atoms with van der Waals surface area (Å²) < 4.78 is 0. The quantitative estimate of drug-likeness (QED) is 0.233. The maximum atomic E-state index is 2.52. The van der Waals surface area contributed by atoms with Crippen LogP contribution in [-0.2, 0) is 0 Å². The van der Waals surface area contributed by atoms with Gasteiger partial charge in [0.1, 0.15) is 0 Å². The molecule has 0 nitrogen and oxygen atoms in total. The van der Waals surface area contributed by atoms with Crippen LogP contribution in [0.25, 0.3) is 0 Å². The van der Waals surface area contributed by atoms with Crippen LogP contribution in [0.5, 0.6) is 0 Å². The Labute approximate surface area is 122 Å². The first-order valence-electron chi connectivity index (χ1n) is 9.09. The number of unbranched alkanes of at least 4 members (excludes halogenated alkanes) is 10. The van der Waals surface area contributed by atoms with Gasteiger partial charge in [-0.15, -0.1) is 0 Å². The van der Waals surface area contributed by atoms with Crippen molar-refractivity contribution in [2.75, 3.05) is 0 Å². The Morgan fingerprint density at radius 2 is 1.21 bits per heavy atom. The summed E-state index contributed by atoms with van der Waals surface area (Å²) in [5.41, 5.74) is 1.78. The van der Waals surface area contributed by atoms with E-state index in [-0.39, 0.29) is 0 Å². The fourth-order valence-electron chi connectivity index (χ4n) is 2.98. The van der Waals surface area contributed by atoms with Crippen molar-refractivity contribution in [3.8, 4) is 0 Å². The van der Waals surface area contributed by atoms with Gasteiger partial charge in [-0.3, -0.25) is 0 Å². The Hall–Kier alpha value is -0.260. The van der Waals surface area contributed by atoms with Crippen LogP contribution in [0.15, 0.2) is 11.6 Å². The minimum atomic E-state index is 0.931. The van der Waals surface area contributed by atoms with E-state index in [1.807, 2.05) is 0 Å². The van der Waals surface area contributed by atoms with Crippen LogP contribution in [0.3, 0.4) is 0 Å². The summed E-state index contributed by atoms with van der Waals surface area (Å²) in [5.74, 6) is 0.931. The molecule has 1 aliphatic rings. The summed E-state index contributed by atoms with van der Waals surface area (Å²) in [6.07, 6.45) is 22.7. The van der Waals surface area contributed by atoms with Gasteiger partial charge in [-0.2, -0.15) is 0 Å². The van der Waals surface area contributed by atoms with Crippen LogP contribution >= 0.6 is 0 Å². The number of hydrogen-bond donors (Lipinski definition) is 0. The van der Waals surface area contributed by atoms with Crippen molar-refractivity contribution in [1.29, 1.82) is 0 Å². The molecule has 0 fully saturated rings. The van der Waals surface area contributed by atoms with Gasteiger partial charge in [0.05, 0.1) is 0 Å². The van der Waals surface area contributed by atoms with Crippen LogP contribution in [0, 0.1) is 5.92 Å². The molecule has 0 spiro atoms. The molecule has 0 heteroatoms. The van der Waals surface area contributed by atoms with Crippen LogP contribution < -0.4 is 0 Å². The molecule has 0 amide bonds. The molecule has 0 aromatic carbocycles. The van der Waals surface area contributed by atoms with Crippen LogP contribution in [-0.4, -0.2) is 0 Å². The highest BCUT2D eigenvalue weighted by atomic mass is 14.3. The van der Waals surface area contributed by atoms with Gasteiger partial charge in [0, 0.05) is 0 Å². The van der Waals surface area contributed by atoms with Gasteiger partial charge in [0.15, 0.2) is 0 Å². The normalized spacial score (nSPS) is 17.6. The molecule has 112 valence electrons. The average Bonchev–Trinajstić information content (AvgIpc) is 3.17. The van der Waals surface area contributed by atoms with Gasteiger partial charge in [-0.25, -0.2) is 0 Å². The zero-order valence-electron chi connectivity index (χ0n) is 13.6. The molecule has 1 rings (SSSR count). The van der Waals surface area contributed by atoms with E-state index in [1.54, 1.807) is 5.57 Å². The van der Waals surface area contributed by atoms with Gasteiger partial charge in [0.25, 0.3) is 0 Å². The van der Waals surface area contributed by atoms with Gasteiger partial charge < -0.3 is 0 Å². The van der Waals surface area contributed by atoms with Crippen molar-refractivity contribution in [3.63, 3.8) is 0 Å². The Balaban J connectivity index is 1.71. The molecule has 1 aliphatic carbocycles. The minimum Gasteiger partial charge on any atom is -0.0775 e. The molecule has 1 atom stereocenters. The van der Waals surface area contributed by atoms with E-state index in [2.05, 4.69) is 19.9 Å². The van der Waals surface area contributed by atoms with E-state index in [0.29, 0.717) is 0 Å². The molecule has 0 N–H and O–H groups in total. The number of allylic oxidation sites excluding steroid dienone is 2. The molecule has 1 unspecified atom stereocenters. The molecule has 0 saturated heterocycles. The first-order chi connectivity index (χ1) is 9.38. The van der Waals surface area contributed by atoms with Gasteiger partial charge in [-0.05, 0) is 25.2 Å². The molecule has 19 heavy (non-hydrogen) atoms. The molecule has 0 bridgehead atoms. The van der Waals surface area contributed by atoms with E-state index in [1.165, 1.54) is 89.9 Å². The predicted octanol–water partition coefficient (Wildman–Crippen LogP) is 7.04. The van der Waals surface area contributed by atoms with E-state index >= 15 is 0 Å². The zero-order valence-corrected chi connectivity index (χ0v) is 13.6. The van der Waals surface area contributed by atoms with E-state index in [4.69, 9.17) is 0 Å². The lowest BCUT2D eigenvalue weighted by molar-refractivity contribution is 0.542. The summed E-state index contributed by atoms with van der Waals surface area (Å²) in [5, 5.41) is 0. The SMILES string of the molecule is CCCCCCCCCCCCC1C=C1CCCC. The smallest absolute Gasteiger partial charge is 0.00202 e. The van der Waals surface area contributed by atoms with Crippen molar-refractivity contribution < 1.29 is 0 Å². The summed E-state index contributed by atoms with van der Waals surface area (Å²) in [7, 11) is 0. The highest BCUT2D eigenvalue weighted by Crippen LogP contribution is 2.37. The highest BCUT2D eigenvalue weighted by molar-refractivity contribution is 5.28. The summed E-state index contributed by atoms with van der Waals surface area (Å²) in [6, 6.07) is 0. The Bertz CT molecular complexity index is 226. The second-order valence-corrected chi connectivity index (χ2v) is 6.42. The van der Waals surface area contributed by atoms with Gasteiger partial charge >= 0.3 is 0 Å². The fourth-order valence-corrected chi connectivity index (χ4v) is 2.98. The Kier molecular flexibility index (Phi) is 10.2. The van der Waals surface area contributed by atoms with Crippen molar-refractivity contribution in [2.45, 2.75) is 104 Å². The molecule has 0 heterocycles. The average molecular weight is 264 g/mol. The van der Waals surface area contributed by atoms with Crippen LogP contribution in [0.1, 0.15) is 104 Å². The predicted molar refractivity (Wildman–Crippen MR) is 87.6 cm³/mol. The third kappa shape index (κ3) is 9.30. The highest BCUT2D eigenvalue weighted by Gasteiger charge is 2.22. The van der Waals surface area contributed by atoms with Gasteiger partial charge in [-0.1, -0.05) is 96.1 Å². The van der Waals surface area contributed by atoms with Crippen molar-refractivity contribution in [2.24, 2.45) is 5.92 Å². The Morgan fingerprint density at radius 3 is 1.79 bits per heavy atom. The van der Waals surface area contributed by atoms with E-state index in [9.17, 15) is 0 Å². The topological polar surface area (TPSA) is 0 Å². The second-order valence-electron chi connectivity index (χ2n) is 6.42. The van der Waals surface area contributed by atoms with Crippen LogP contribution in [0.2, 0.25) is 0 Å². The third-order valence-corrected chi connectivity index (χ3v) is 4.47. The molecular formula is C19H36. The molecule has 0 radical (unpaired) electrons. The van der Waals surface area contributed by atoms with Crippen molar-refractivity contribution in [3.05, 3.63) is 11.6 Å². The number of hydrogen-bond acceptors (Lipinski definition) is 0. The lowest BCUT2D eigenvalue weighted by atomic mass is 10.0. The Morgan fingerprint density at radius 1 is 0.684 bits per heavy atom. The summed E-state index contributed by atoms with van der Waals surface area (Å²) in [6.45, 7) is 4.59. The zero-order chi connectivity index (χ0) is 13.8.